The van der Waals surface area contributed by atoms with Crippen LogP contribution in [0.3, 0.4) is 0 Å². The number of carboxylic acid groups (broad SMARTS) is 1. The molecule has 8 saturated carbocycles. The predicted molar refractivity (Wildman–Crippen MR) is 226 cm³/mol. The summed E-state index contributed by atoms with van der Waals surface area (Å²) >= 11 is 0. The molecule has 0 aromatic carbocycles. The molecule has 324 valence electrons. The number of aliphatic carboxylic acids is 1. The van der Waals surface area contributed by atoms with Crippen LogP contribution in [0.5, 0.6) is 0 Å². The van der Waals surface area contributed by atoms with Gasteiger partial charge in [0.2, 0.25) is 5.91 Å². The van der Waals surface area contributed by atoms with Crippen LogP contribution in [0.1, 0.15) is 166 Å². The first-order valence-electron chi connectivity index (χ1n) is 24.5. The number of likely N-dealkylation sites (tertiary alicyclic amines) is 2. The number of carbonyl (C=O) groups is 3. The van der Waals surface area contributed by atoms with Gasteiger partial charge >= 0.3 is 11.9 Å². The van der Waals surface area contributed by atoms with Crippen molar-refractivity contribution in [3.05, 3.63) is 0 Å². The Morgan fingerprint density at radius 1 is 0.638 bits per heavy atom. The Morgan fingerprint density at radius 2 is 1.34 bits per heavy atom. The molecule has 0 aromatic rings. The van der Waals surface area contributed by atoms with E-state index >= 15 is 4.79 Å². The predicted octanol–water partition coefficient (Wildman–Crippen LogP) is 10.1. The number of esters is 1. The fourth-order valence-electron chi connectivity index (χ4n) is 18.9. The third-order valence-corrected chi connectivity index (χ3v) is 23.1. The maximum Gasteiger partial charge on any atom is 0.309 e. The van der Waals surface area contributed by atoms with Gasteiger partial charge in [-0.2, -0.15) is 0 Å². The van der Waals surface area contributed by atoms with Crippen molar-refractivity contribution in [2.24, 2.45) is 96.6 Å². The highest BCUT2D eigenvalue weighted by atomic mass is 16.5. The largest absolute Gasteiger partial charge is 0.481 e. The topological polar surface area (TPSA) is 87.2 Å². The minimum Gasteiger partial charge on any atom is -0.481 e. The number of carboxylic acids is 1. The summed E-state index contributed by atoms with van der Waals surface area (Å²) in [7, 11) is 0. The highest BCUT2D eigenvalue weighted by molar-refractivity contribution is 5.85. The van der Waals surface area contributed by atoms with Crippen molar-refractivity contribution in [3.8, 4) is 0 Å². The van der Waals surface area contributed by atoms with Gasteiger partial charge in [0.25, 0.3) is 0 Å². The Balaban J connectivity index is 0.917. The molecule has 0 spiro atoms. The van der Waals surface area contributed by atoms with Crippen molar-refractivity contribution in [3.63, 3.8) is 0 Å². The Hall–Kier alpha value is -1.63. The van der Waals surface area contributed by atoms with Crippen molar-refractivity contribution in [1.29, 1.82) is 0 Å². The van der Waals surface area contributed by atoms with Crippen LogP contribution >= 0.6 is 0 Å². The van der Waals surface area contributed by atoms with Crippen LogP contribution in [-0.4, -0.2) is 71.1 Å². The van der Waals surface area contributed by atoms with Crippen LogP contribution in [0, 0.1) is 96.6 Å². The number of fused-ring (bicyclic) bond motifs is 8. The summed E-state index contributed by atoms with van der Waals surface area (Å²) < 4.78 is 6.50. The highest BCUT2D eigenvalue weighted by Crippen LogP contribution is 2.80. The van der Waals surface area contributed by atoms with Crippen LogP contribution in [0.15, 0.2) is 0 Å². The van der Waals surface area contributed by atoms with E-state index in [9.17, 15) is 14.7 Å². The smallest absolute Gasteiger partial charge is 0.309 e. The summed E-state index contributed by atoms with van der Waals surface area (Å²) in [5, 5.41) is 9.72. The van der Waals surface area contributed by atoms with E-state index in [1.807, 2.05) is 13.8 Å². The molecule has 0 bridgehead atoms. The zero-order valence-corrected chi connectivity index (χ0v) is 38.3. The van der Waals surface area contributed by atoms with E-state index < -0.39 is 17.3 Å². The highest BCUT2D eigenvalue weighted by Gasteiger charge is 2.75. The van der Waals surface area contributed by atoms with Crippen LogP contribution in [0.4, 0.5) is 0 Å². The summed E-state index contributed by atoms with van der Waals surface area (Å²) in [4.78, 5) is 46.6. The van der Waals surface area contributed by atoms with Gasteiger partial charge in [-0.15, -0.1) is 0 Å². The first-order valence-corrected chi connectivity index (χ1v) is 24.5. The van der Waals surface area contributed by atoms with Gasteiger partial charge in [-0.1, -0.05) is 69.2 Å². The van der Waals surface area contributed by atoms with E-state index in [1.54, 1.807) is 0 Å². The molecule has 0 radical (unpaired) electrons. The van der Waals surface area contributed by atoms with Gasteiger partial charge in [-0.05, 0) is 183 Å². The lowest BCUT2D eigenvalue weighted by Crippen LogP contribution is -2.68. The maximum atomic E-state index is 15.8. The number of piperidine rings is 1. The van der Waals surface area contributed by atoms with Crippen molar-refractivity contribution >= 4 is 17.8 Å². The lowest BCUT2D eigenvalue weighted by Gasteiger charge is -2.73. The Labute approximate surface area is 351 Å². The summed E-state index contributed by atoms with van der Waals surface area (Å²) in [6.45, 7) is 28.8. The standard InChI is InChI=1S/C51H80N2O5/c1-44(2)32(41(54)55)27-33(44)42(56)58-38-17-18-48(8)36(46(38,5)6)16-19-50(10)37(48)14-13-31-39-30(47(7)21-22-47)15-20-51(39,24-23-49(31,50)9)43(57)53-28-34-40(45(34,3)4)35(53)29-52-25-11-12-26-52/h30-40H,11-29H2,1-10H3,(H,54,55)/t30-,31-,32+,33-,34+,35-,36+,37-,38+,39-,40+,48+,49-,50-,51+/m1/s1. The molecule has 10 rings (SSSR count). The number of hydrogen-bond acceptors (Lipinski definition) is 5. The molecule has 7 heteroatoms. The second-order valence-corrected chi connectivity index (χ2v) is 25.9. The van der Waals surface area contributed by atoms with E-state index in [2.05, 4.69) is 65.2 Å². The molecule has 0 unspecified atom stereocenters. The van der Waals surface area contributed by atoms with Gasteiger partial charge in [0.05, 0.1) is 17.3 Å². The fourth-order valence-corrected chi connectivity index (χ4v) is 18.9. The number of carbonyl (C=O) groups excluding carboxylic acids is 2. The second-order valence-electron chi connectivity index (χ2n) is 25.9. The lowest BCUT2D eigenvalue weighted by atomic mass is 9.32. The van der Waals surface area contributed by atoms with Crippen molar-refractivity contribution < 1.29 is 24.2 Å². The first-order chi connectivity index (χ1) is 27.1. The SMILES string of the molecule is CC1([C@@H]2CC[C@]3(C(=O)N4C[C@H]5[C@@H]([C@H]4CN4CCCC4)C5(C)C)CC[C@]4(C)[C@H](CC[C@@H]5[C@@]6(C)CC[C@H](OC(=O)[C@H]7C[C@@H](C(=O)O)C7(C)C)C(C)(C)[C@@H]6CC[C@]54C)[C@@H]23)CC1. The normalized spacial score (nSPS) is 51.3. The third kappa shape index (κ3) is 5.15. The van der Waals surface area contributed by atoms with E-state index in [4.69, 9.17) is 4.74 Å². The number of amides is 1. The maximum absolute atomic E-state index is 15.8. The van der Waals surface area contributed by atoms with Gasteiger partial charge < -0.3 is 19.6 Å². The molecule has 2 saturated heterocycles. The Bertz CT molecular complexity index is 1740. The van der Waals surface area contributed by atoms with Gasteiger partial charge in [-0.25, -0.2) is 0 Å². The summed E-state index contributed by atoms with van der Waals surface area (Å²) in [5.41, 5.74) is 0.481. The Morgan fingerprint density at radius 3 is 2.00 bits per heavy atom. The van der Waals surface area contributed by atoms with Crippen LogP contribution < -0.4 is 0 Å². The average Bonchev–Trinajstić information content (AvgIpc) is 3.64. The van der Waals surface area contributed by atoms with Crippen LogP contribution in [-0.2, 0) is 19.1 Å². The minimum atomic E-state index is -0.800. The minimum absolute atomic E-state index is 0.134. The molecule has 7 nitrogen and oxygen atoms in total. The molecule has 2 heterocycles. The lowest BCUT2D eigenvalue weighted by molar-refractivity contribution is -0.253. The quantitative estimate of drug-likeness (QED) is 0.258. The molecule has 15 atom stereocenters. The molecule has 10 aliphatic rings. The third-order valence-electron chi connectivity index (χ3n) is 23.1. The zero-order valence-electron chi connectivity index (χ0n) is 38.3. The fraction of sp³-hybridized carbons (Fsp3) is 0.941. The van der Waals surface area contributed by atoms with Crippen LogP contribution in [0.25, 0.3) is 0 Å². The molecular formula is C51H80N2O5. The monoisotopic (exact) mass is 801 g/mol. The van der Waals surface area contributed by atoms with Crippen molar-refractivity contribution in [2.45, 2.75) is 178 Å². The summed E-state index contributed by atoms with van der Waals surface area (Å²) in [5.74, 6) is 3.02. The van der Waals surface area contributed by atoms with E-state index in [0.29, 0.717) is 70.6 Å². The van der Waals surface area contributed by atoms with Gasteiger partial charge in [-0.3, -0.25) is 14.4 Å². The van der Waals surface area contributed by atoms with Gasteiger partial charge in [0.15, 0.2) is 0 Å². The second kappa shape index (κ2) is 12.5. The number of nitrogens with zero attached hydrogens (tertiary/aromatic N) is 2. The number of rotatable bonds is 7. The molecular weight excluding hydrogens is 721 g/mol. The molecule has 8 aliphatic carbocycles. The van der Waals surface area contributed by atoms with E-state index in [0.717, 1.165) is 38.8 Å². The Kier molecular flexibility index (Phi) is 8.73. The van der Waals surface area contributed by atoms with E-state index in [1.165, 1.54) is 77.3 Å². The van der Waals surface area contributed by atoms with E-state index in [-0.39, 0.29) is 45.1 Å². The van der Waals surface area contributed by atoms with Gasteiger partial charge in [0.1, 0.15) is 6.10 Å². The molecule has 58 heavy (non-hydrogen) atoms. The molecule has 10 fully saturated rings. The van der Waals surface area contributed by atoms with Crippen molar-refractivity contribution in [2.75, 3.05) is 26.2 Å². The number of hydrogen-bond donors (Lipinski definition) is 1. The molecule has 1 N–H and O–H groups in total. The zero-order chi connectivity index (χ0) is 41.4. The molecule has 0 aromatic heterocycles. The first kappa shape index (κ1) is 40.4. The summed E-state index contributed by atoms with van der Waals surface area (Å²) in [6.07, 6.45) is 17.1. The molecule has 1 amide bonds. The average molecular weight is 801 g/mol. The summed E-state index contributed by atoms with van der Waals surface area (Å²) in [6, 6.07) is 0.396. The molecule has 2 aliphatic heterocycles. The van der Waals surface area contributed by atoms with Gasteiger partial charge in [0, 0.05) is 24.5 Å². The number of ether oxygens (including phenoxy) is 1. The van der Waals surface area contributed by atoms with Crippen molar-refractivity contribution in [1.82, 2.24) is 9.80 Å². The van der Waals surface area contributed by atoms with Crippen LogP contribution in [0.2, 0.25) is 0 Å².